The van der Waals surface area contributed by atoms with Crippen molar-refractivity contribution in [1.29, 1.82) is 0 Å². The smallest absolute Gasteiger partial charge is 0.0713 e. The first kappa shape index (κ1) is 35.4. The number of para-hydroxylation sites is 1. The van der Waals surface area contributed by atoms with E-state index in [-0.39, 0.29) is 0 Å². The summed E-state index contributed by atoms with van der Waals surface area (Å²) in [4.78, 5) is 2.45. The summed E-state index contributed by atoms with van der Waals surface area (Å²) in [6.45, 7) is 0. The zero-order chi connectivity index (χ0) is 40.3. The van der Waals surface area contributed by atoms with Crippen LogP contribution >= 0.6 is 11.3 Å². The molecule has 0 bridgehead atoms. The molecule has 11 aromatic rings. The van der Waals surface area contributed by atoms with Crippen LogP contribution in [0, 0.1) is 0 Å². The van der Waals surface area contributed by atoms with Crippen LogP contribution in [0.4, 0.5) is 17.1 Å². The van der Waals surface area contributed by atoms with Gasteiger partial charge in [-0.3, -0.25) is 0 Å². The fourth-order valence-corrected chi connectivity index (χ4v) is 11.1. The molecule has 0 atom stereocenters. The van der Waals surface area contributed by atoms with E-state index in [2.05, 4.69) is 241 Å². The van der Waals surface area contributed by atoms with Gasteiger partial charge in [-0.25, -0.2) is 0 Å². The van der Waals surface area contributed by atoms with E-state index in [4.69, 9.17) is 0 Å². The third kappa shape index (κ3) is 5.60. The molecule has 0 fully saturated rings. The van der Waals surface area contributed by atoms with Crippen LogP contribution in [0.25, 0.3) is 64.3 Å². The van der Waals surface area contributed by atoms with Crippen LogP contribution in [-0.2, 0) is 5.41 Å². The average molecular weight is 794 g/mol. The number of fused-ring (bicyclic) bond motifs is 7. The van der Waals surface area contributed by atoms with E-state index < -0.39 is 5.41 Å². The topological polar surface area (TPSA) is 3.24 Å². The summed E-state index contributed by atoms with van der Waals surface area (Å²) < 4.78 is 2.63. The van der Waals surface area contributed by atoms with Gasteiger partial charge in [-0.1, -0.05) is 188 Å². The van der Waals surface area contributed by atoms with E-state index in [0.717, 1.165) is 17.1 Å². The highest BCUT2D eigenvalue weighted by atomic mass is 32.1. The van der Waals surface area contributed by atoms with Crippen LogP contribution < -0.4 is 4.90 Å². The SMILES string of the molecule is c1ccc(C2(c3ccccc3)c3ccccc3-c3ccc(-c4ccc(N(c5ccccc5-c5ccc6sc7ccccc7c6c5)c5cccc6ccccc56)cc4)cc32)cc1. The molecule has 1 aliphatic carbocycles. The quantitative estimate of drug-likeness (QED) is 0.155. The molecule has 0 saturated carbocycles. The van der Waals surface area contributed by atoms with Crippen LogP contribution in [0.15, 0.2) is 237 Å². The number of anilines is 3. The van der Waals surface area contributed by atoms with Crippen LogP contribution in [0.3, 0.4) is 0 Å². The summed E-state index contributed by atoms with van der Waals surface area (Å²) in [5.74, 6) is 0. The lowest BCUT2D eigenvalue weighted by molar-refractivity contribution is 0.769. The normalized spacial score (nSPS) is 12.7. The van der Waals surface area contributed by atoms with Gasteiger partial charge in [0.25, 0.3) is 0 Å². The van der Waals surface area contributed by atoms with Gasteiger partial charge in [-0.2, -0.15) is 0 Å². The molecule has 286 valence electrons. The van der Waals surface area contributed by atoms with Crippen molar-refractivity contribution in [2.24, 2.45) is 0 Å². The molecule has 12 rings (SSSR count). The van der Waals surface area contributed by atoms with Crippen molar-refractivity contribution in [2.75, 3.05) is 4.90 Å². The first-order valence-electron chi connectivity index (χ1n) is 21.0. The minimum absolute atomic E-state index is 0.447. The highest BCUT2D eigenvalue weighted by molar-refractivity contribution is 7.25. The van der Waals surface area contributed by atoms with Gasteiger partial charge in [0.05, 0.1) is 16.8 Å². The summed E-state index contributed by atoms with van der Waals surface area (Å²) in [7, 11) is 0. The van der Waals surface area contributed by atoms with Crippen molar-refractivity contribution < 1.29 is 0 Å². The van der Waals surface area contributed by atoms with Crippen LogP contribution in [0.1, 0.15) is 22.3 Å². The molecule has 0 amide bonds. The summed E-state index contributed by atoms with van der Waals surface area (Å²) >= 11 is 1.86. The van der Waals surface area contributed by atoms with Crippen molar-refractivity contribution in [1.82, 2.24) is 0 Å². The Hall–Kier alpha value is -7.52. The van der Waals surface area contributed by atoms with Crippen molar-refractivity contribution in [3.63, 3.8) is 0 Å². The Morgan fingerprint density at radius 1 is 0.328 bits per heavy atom. The molecule has 0 aliphatic heterocycles. The number of nitrogens with zero attached hydrogens (tertiary/aromatic N) is 1. The second kappa shape index (κ2) is 14.3. The first-order chi connectivity index (χ1) is 30.3. The molecule has 1 aliphatic rings. The second-order valence-electron chi connectivity index (χ2n) is 16.0. The van der Waals surface area contributed by atoms with Gasteiger partial charge < -0.3 is 4.90 Å². The molecule has 10 aromatic carbocycles. The Balaban J connectivity index is 1.02. The van der Waals surface area contributed by atoms with Gasteiger partial charge in [0.1, 0.15) is 0 Å². The van der Waals surface area contributed by atoms with Crippen LogP contribution in [0.2, 0.25) is 0 Å². The van der Waals surface area contributed by atoms with Crippen molar-refractivity contribution >= 4 is 59.3 Å². The molecule has 0 radical (unpaired) electrons. The van der Waals surface area contributed by atoms with E-state index in [1.54, 1.807) is 0 Å². The monoisotopic (exact) mass is 793 g/mol. The molecule has 1 aromatic heterocycles. The molecule has 61 heavy (non-hydrogen) atoms. The molecule has 2 heteroatoms. The molecule has 1 heterocycles. The number of thiophene rings is 1. The Morgan fingerprint density at radius 3 is 1.70 bits per heavy atom. The second-order valence-corrected chi connectivity index (χ2v) is 17.1. The van der Waals surface area contributed by atoms with E-state index in [1.807, 2.05) is 11.3 Å². The van der Waals surface area contributed by atoms with Crippen molar-refractivity contribution in [3.8, 4) is 33.4 Å². The predicted octanol–water partition coefficient (Wildman–Crippen LogP) is 16.4. The van der Waals surface area contributed by atoms with Gasteiger partial charge in [0.15, 0.2) is 0 Å². The molecular formula is C59H39NS. The number of rotatable bonds is 7. The first-order valence-corrected chi connectivity index (χ1v) is 21.8. The molecule has 0 unspecified atom stereocenters. The molecule has 1 nitrogen and oxygen atoms in total. The van der Waals surface area contributed by atoms with Crippen LogP contribution in [0.5, 0.6) is 0 Å². The standard InChI is InChI=1S/C59H39NS/c1-3-18-44(19-4-1)59(45-20-5-2-6-21-45)53-26-12-9-24-49(53)50-36-32-42(39-54(50)59)40-30-34-46(35-31-40)60(56-28-15-17-41-16-7-8-22-47(41)56)55-27-13-10-23-48(55)43-33-37-58-52(38-43)51-25-11-14-29-57(51)61-58/h1-39H. The van der Waals surface area contributed by atoms with E-state index >= 15 is 0 Å². The maximum absolute atomic E-state index is 2.45. The Bertz CT molecular complexity index is 3370. The minimum atomic E-state index is -0.447. The Kier molecular flexibility index (Phi) is 8.33. The summed E-state index contributed by atoms with van der Waals surface area (Å²) in [5, 5.41) is 5.03. The highest BCUT2D eigenvalue weighted by Crippen LogP contribution is 2.57. The van der Waals surface area contributed by atoms with E-state index in [0.29, 0.717) is 0 Å². The number of hydrogen-bond donors (Lipinski definition) is 0. The number of benzene rings is 10. The summed E-state index contributed by atoms with van der Waals surface area (Å²) in [5.41, 5.74) is 15.5. The van der Waals surface area contributed by atoms with Gasteiger partial charge >= 0.3 is 0 Å². The zero-order valence-electron chi connectivity index (χ0n) is 33.4. The molecule has 0 spiro atoms. The largest absolute Gasteiger partial charge is 0.309 e. The van der Waals surface area contributed by atoms with Gasteiger partial charge in [-0.05, 0) is 104 Å². The molecular weight excluding hydrogens is 755 g/mol. The Morgan fingerprint density at radius 2 is 0.902 bits per heavy atom. The lowest BCUT2D eigenvalue weighted by atomic mass is 9.67. The molecule has 0 saturated heterocycles. The van der Waals surface area contributed by atoms with E-state index in [9.17, 15) is 0 Å². The summed E-state index contributed by atoms with van der Waals surface area (Å²) in [6, 6.07) is 87.3. The van der Waals surface area contributed by atoms with Gasteiger partial charge in [0.2, 0.25) is 0 Å². The predicted molar refractivity (Wildman–Crippen MR) is 260 cm³/mol. The van der Waals surface area contributed by atoms with Crippen molar-refractivity contribution in [2.45, 2.75) is 5.41 Å². The Labute approximate surface area is 360 Å². The van der Waals surface area contributed by atoms with Gasteiger partial charge in [0, 0.05) is 36.8 Å². The maximum atomic E-state index is 2.45. The highest BCUT2D eigenvalue weighted by Gasteiger charge is 2.46. The maximum Gasteiger partial charge on any atom is 0.0713 e. The fourth-order valence-electron chi connectivity index (χ4n) is 10.0. The average Bonchev–Trinajstić information content (AvgIpc) is 3.86. The summed E-state index contributed by atoms with van der Waals surface area (Å²) in [6.07, 6.45) is 0. The zero-order valence-corrected chi connectivity index (χ0v) is 34.2. The van der Waals surface area contributed by atoms with Crippen LogP contribution in [-0.4, -0.2) is 0 Å². The lowest BCUT2D eigenvalue weighted by Crippen LogP contribution is -2.28. The lowest BCUT2D eigenvalue weighted by Gasteiger charge is -2.34. The van der Waals surface area contributed by atoms with Gasteiger partial charge in [-0.15, -0.1) is 11.3 Å². The number of hydrogen-bond acceptors (Lipinski definition) is 2. The fraction of sp³-hybridized carbons (Fsp3) is 0.0169. The minimum Gasteiger partial charge on any atom is -0.309 e. The van der Waals surface area contributed by atoms with Crippen molar-refractivity contribution in [3.05, 3.63) is 259 Å². The van der Waals surface area contributed by atoms with E-state index in [1.165, 1.54) is 86.6 Å². The molecule has 0 N–H and O–H groups in total. The third-order valence-electron chi connectivity index (χ3n) is 12.8. The third-order valence-corrected chi connectivity index (χ3v) is 13.9.